The van der Waals surface area contributed by atoms with E-state index in [1.165, 1.54) is 0 Å². The molecule has 0 N–H and O–H groups in total. The van der Waals surface area contributed by atoms with Crippen molar-refractivity contribution in [1.29, 1.82) is 0 Å². The Morgan fingerprint density at radius 1 is 0.344 bits per heavy atom. The van der Waals surface area contributed by atoms with E-state index >= 15 is 0 Å². The predicted octanol–water partition coefficient (Wildman–Crippen LogP) is -0.164. The molecule has 178 valence electrons. The van der Waals surface area contributed by atoms with E-state index in [4.69, 9.17) is 28.4 Å². The Balaban J connectivity index is 2.72. The Kier molecular flexibility index (Phi) is 7.81. The minimum atomic E-state index is -1.26. The van der Waals surface area contributed by atoms with Crippen LogP contribution in [0.5, 0.6) is 0 Å². The molecule has 0 aromatic rings. The highest BCUT2D eigenvalue weighted by Crippen LogP contribution is 2.50. The number of ether oxygens (including phenoxy) is 6. The Labute approximate surface area is 183 Å². The van der Waals surface area contributed by atoms with Gasteiger partial charge < -0.3 is 28.4 Å². The highest BCUT2D eigenvalue weighted by atomic mass is 16.6. The van der Waals surface area contributed by atoms with Crippen molar-refractivity contribution in [2.45, 2.75) is 78.2 Å². The Bertz CT molecular complexity index is 634. The maximum Gasteiger partial charge on any atom is 0.303 e. The third-order valence-corrected chi connectivity index (χ3v) is 5.06. The summed E-state index contributed by atoms with van der Waals surface area (Å²) in [5.41, 5.74) is 0. The van der Waals surface area contributed by atoms with Gasteiger partial charge in [0.2, 0.25) is 0 Å². The average molecular weight is 458 g/mol. The monoisotopic (exact) mass is 458 g/mol. The normalized spacial score (nSPS) is 32.8. The summed E-state index contributed by atoms with van der Waals surface area (Å²) in [6.07, 6.45) is -7.53. The summed E-state index contributed by atoms with van der Waals surface area (Å²) in [4.78, 5) is 71.1. The molecule has 3 fully saturated rings. The van der Waals surface area contributed by atoms with Crippen LogP contribution in [-0.2, 0) is 57.2 Å². The van der Waals surface area contributed by atoms with Crippen LogP contribution in [-0.4, -0.2) is 72.4 Å². The molecule has 6 atom stereocenters. The Morgan fingerprint density at radius 2 is 0.469 bits per heavy atom. The van der Waals surface area contributed by atoms with E-state index < -0.39 is 84.3 Å². The van der Waals surface area contributed by atoms with Crippen LogP contribution in [0.4, 0.5) is 0 Å². The lowest BCUT2D eigenvalue weighted by Crippen LogP contribution is -2.75. The molecular formula is C20H26O12. The summed E-state index contributed by atoms with van der Waals surface area (Å²) in [6, 6.07) is 0. The van der Waals surface area contributed by atoms with Gasteiger partial charge in [0.05, 0.1) is 11.8 Å². The lowest BCUT2D eigenvalue weighted by atomic mass is 9.60. The molecule has 0 aliphatic heterocycles. The topological polar surface area (TPSA) is 158 Å². The van der Waals surface area contributed by atoms with Gasteiger partial charge in [-0.2, -0.15) is 0 Å². The number of carbonyl (C=O) groups is 6. The summed E-state index contributed by atoms with van der Waals surface area (Å²) in [6.45, 7) is 6.68. The highest BCUT2D eigenvalue weighted by Gasteiger charge is 2.70. The van der Waals surface area contributed by atoms with Gasteiger partial charge in [0, 0.05) is 41.5 Å². The first kappa shape index (κ1) is 25.1. The van der Waals surface area contributed by atoms with E-state index in [1.807, 2.05) is 0 Å². The van der Waals surface area contributed by atoms with Crippen molar-refractivity contribution in [2.24, 2.45) is 11.8 Å². The number of hydrogen-bond donors (Lipinski definition) is 0. The summed E-state index contributed by atoms with van der Waals surface area (Å²) >= 11 is 0. The van der Waals surface area contributed by atoms with Crippen LogP contribution in [0.3, 0.4) is 0 Å². The first-order valence-electron chi connectivity index (χ1n) is 9.86. The molecule has 0 amide bonds. The fraction of sp³-hybridized carbons (Fsp3) is 0.700. The molecule has 0 saturated heterocycles. The molecule has 3 rings (SSSR count). The van der Waals surface area contributed by atoms with Crippen LogP contribution in [0.1, 0.15) is 41.5 Å². The molecule has 3 saturated carbocycles. The van der Waals surface area contributed by atoms with Crippen molar-refractivity contribution in [3.63, 3.8) is 0 Å². The van der Waals surface area contributed by atoms with Crippen LogP contribution >= 0.6 is 0 Å². The molecule has 0 radical (unpaired) electrons. The highest BCUT2D eigenvalue weighted by molar-refractivity contribution is 5.70. The standard InChI is InChI=1S/C20H26O12/c1-7(21)27-15-13-17(29-9(3)23)19(31-11(5)25)14(16(15)28-8(2)22)20(32-12(6)26)18(13)30-10(4)24/h13-20H,1-6H3/t13?,14?,15-,16+,17-,18-,19+,20+. The zero-order chi connectivity index (χ0) is 24.3. The third-order valence-electron chi connectivity index (χ3n) is 5.06. The molecule has 0 aromatic carbocycles. The van der Waals surface area contributed by atoms with Crippen molar-refractivity contribution < 1.29 is 57.2 Å². The number of carbonyl (C=O) groups excluding carboxylic acids is 6. The molecule has 3 aliphatic rings. The van der Waals surface area contributed by atoms with E-state index in [1.54, 1.807) is 0 Å². The van der Waals surface area contributed by atoms with E-state index in [9.17, 15) is 28.8 Å². The second-order valence-electron chi connectivity index (χ2n) is 7.60. The first-order valence-corrected chi connectivity index (χ1v) is 9.86. The molecule has 2 bridgehead atoms. The van der Waals surface area contributed by atoms with Crippen LogP contribution in [0.15, 0.2) is 0 Å². The lowest BCUT2D eigenvalue weighted by Gasteiger charge is -2.57. The van der Waals surface area contributed by atoms with E-state index in [-0.39, 0.29) is 0 Å². The van der Waals surface area contributed by atoms with Crippen LogP contribution in [0, 0.1) is 11.8 Å². The fourth-order valence-electron chi connectivity index (χ4n) is 4.46. The SMILES string of the molecule is CC(=O)O[C@@H]1C2[C@@H](OC(C)=O)[C@@H](OC(C)=O)C([C@@H]1OC(C)=O)[C@H](OC(C)=O)[C@@H]2OC(C)=O. The lowest BCUT2D eigenvalue weighted by molar-refractivity contribution is -0.296. The fourth-order valence-corrected chi connectivity index (χ4v) is 4.46. The van der Waals surface area contributed by atoms with E-state index in [0.29, 0.717) is 0 Å². The largest absolute Gasteiger partial charge is 0.458 e. The maximum absolute atomic E-state index is 11.8. The Hall–Kier alpha value is -3.18. The van der Waals surface area contributed by atoms with Crippen LogP contribution < -0.4 is 0 Å². The molecule has 32 heavy (non-hydrogen) atoms. The van der Waals surface area contributed by atoms with Gasteiger partial charge in [-0.1, -0.05) is 0 Å². The van der Waals surface area contributed by atoms with E-state index in [2.05, 4.69) is 0 Å². The molecular weight excluding hydrogens is 432 g/mol. The quantitative estimate of drug-likeness (QED) is 0.383. The van der Waals surface area contributed by atoms with Crippen molar-refractivity contribution in [1.82, 2.24) is 0 Å². The summed E-state index contributed by atoms with van der Waals surface area (Å²) in [7, 11) is 0. The first-order chi connectivity index (χ1) is 14.8. The van der Waals surface area contributed by atoms with Gasteiger partial charge in [0.15, 0.2) is 0 Å². The van der Waals surface area contributed by atoms with Gasteiger partial charge in [-0.15, -0.1) is 0 Å². The second-order valence-corrected chi connectivity index (χ2v) is 7.60. The number of hydrogen-bond acceptors (Lipinski definition) is 12. The van der Waals surface area contributed by atoms with Gasteiger partial charge in [-0.3, -0.25) is 28.8 Å². The van der Waals surface area contributed by atoms with Crippen molar-refractivity contribution >= 4 is 35.8 Å². The number of rotatable bonds is 6. The van der Waals surface area contributed by atoms with Gasteiger partial charge in [0.25, 0.3) is 0 Å². The molecule has 0 aromatic heterocycles. The smallest absolute Gasteiger partial charge is 0.303 e. The molecule has 0 spiro atoms. The van der Waals surface area contributed by atoms with Gasteiger partial charge in [-0.25, -0.2) is 0 Å². The van der Waals surface area contributed by atoms with Gasteiger partial charge >= 0.3 is 35.8 Å². The van der Waals surface area contributed by atoms with Gasteiger partial charge in [-0.05, 0) is 0 Å². The third kappa shape index (κ3) is 5.54. The van der Waals surface area contributed by atoms with E-state index in [0.717, 1.165) is 41.5 Å². The summed E-state index contributed by atoms with van der Waals surface area (Å²) in [5.74, 6) is -6.89. The Morgan fingerprint density at radius 3 is 0.562 bits per heavy atom. The van der Waals surface area contributed by atoms with Crippen LogP contribution in [0.2, 0.25) is 0 Å². The van der Waals surface area contributed by atoms with Gasteiger partial charge in [0.1, 0.15) is 36.6 Å². The molecule has 12 nitrogen and oxygen atoms in total. The summed E-state index contributed by atoms with van der Waals surface area (Å²) in [5, 5.41) is 0. The minimum Gasteiger partial charge on any atom is -0.458 e. The minimum absolute atomic E-state index is 0.754. The summed E-state index contributed by atoms with van der Waals surface area (Å²) < 4.78 is 32.3. The predicted molar refractivity (Wildman–Crippen MR) is 100 cm³/mol. The zero-order valence-corrected chi connectivity index (χ0v) is 18.5. The average Bonchev–Trinajstić information content (AvgIpc) is 2.59. The van der Waals surface area contributed by atoms with Crippen molar-refractivity contribution in [3.05, 3.63) is 0 Å². The second kappa shape index (κ2) is 9.96. The number of esters is 6. The molecule has 3 aliphatic carbocycles. The maximum atomic E-state index is 11.8. The number of fused-ring (bicyclic) bond motifs is 3. The molecule has 0 unspecified atom stereocenters. The molecule has 0 heterocycles. The van der Waals surface area contributed by atoms with Crippen LogP contribution in [0.25, 0.3) is 0 Å². The van der Waals surface area contributed by atoms with Crippen molar-refractivity contribution in [2.75, 3.05) is 0 Å². The van der Waals surface area contributed by atoms with Crippen molar-refractivity contribution in [3.8, 4) is 0 Å². The molecule has 12 heteroatoms. The zero-order valence-electron chi connectivity index (χ0n) is 18.5.